The number of hydrogen-bond donors (Lipinski definition) is 0. The van der Waals surface area contributed by atoms with E-state index in [1.54, 1.807) is 48.5 Å². The third-order valence-electron chi connectivity index (χ3n) is 5.42. The third-order valence-corrected chi connectivity index (χ3v) is 6.61. The minimum Gasteiger partial charge on any atom is -0.489 e. The average Bonchev–Trinajstić information content (AvgIpc) is 3.32. The number of fused-ring (bicyclic) bond motifs is 1. The van der Waals surface area contributed by atoms with Gasteiger partial charge < -0.3 is 9.30 Å². The zero-order valence-corrected chi connectivity index (χ0v) is 19.4. The lowest BCUT2D eigenvalue weighted by molar-refractivity contribution is -0.113. The normalized spacial score (nSPS) is 15.0. The molecule has 0 bridgehead atoms. The maximum atomic E-state index is 13.8. The van der Waals surface area contributed by atoms with Gasteiger partial charge in [0.05, 0.1) is 22.2 Å². The van der Waals surface area contributed by atoms with Gasteiger partial charge in [-0.25, -0.2) is 9.29 Å². The summed E-state index contributed by atoms with van der Waals surface area (Å²) in [5, 5.41) is 0.863. The van der Waals surface area contributed by atoms with Crippen LogP contribution in [0, 0.1) is 5.82 Å². The Labute approximate surface area is 204 Å². The van der Waals surface area contributed by atoms with E-state index in [9.17, 15) is 14.0 Å². The molecule has 170 valence electrons. The quantitative estimate of drug-likeness (QED) is 0.279. The van der Waals surface area contributed by atoms with E-state index in [0.29, 0.717) is 22.2 Å². The molecule has 0 aliphatic carbocycles. The number of thioether (sulfide) groups is 1. The number of aromatic nitrogens is 1. The number of para-hydroxylation sites is 3. The Balaban J connectivity index is 1.42. The zero-order chi connectivity index (χ0) is 23.7. The number of carbonyl (C=O) groups excluding carboxylic acids is 2. The van der Waals surface area contributed by atoms with Gasteiger partial charge in [0, 0.05) is 22.7 Å². The minimum absolute atomic E-state index is 0.201. The Hall–Kier alpha value is -3.55. The SMILES string of the molecule is O=C1S/C(=C\c2cn(CCOc3ccccc3F)c3ccccc23)C(=O)N1c1ccccc1Cl. The molecule has 0 spiro atoms. The summed E-state index contributed by atoms with van der Waals surface area (Å²) < 4.78 is 21.4. The van der Waals surface area contributed by atoms with Crippen molar-refractivity contribution in [3.05, 3.63) is 100 Å². The first kappa shape index (κ1) is 22.3. The highest BCUT2D eigenvalue weighted by atomic mass is 35.5. The van der Waals surface area contributed by atoms with Crippen LogP contribution in [0.2, 0.25) is 5.02 Å². The summed E-state index contributed by atoms with van der Waals surface area (Å²) in [7, 11) is 0. The molecule has 1 aromatic heterocycles. The third kappa shape index (κ3) is 4.20. The Morgan fingerprint density at radius 2 is 1.71 bits per heavy atom. The Morgan fingerprint density at radius 3 is 2.53 bits per heavy atom. The maximum absolute atomic E-state index is 13.8. The fourth-order valence-electron chi connectivity index (χ4n) is 3.84. The molecule has 2 heterocycles. The first-order valence-electron chi connectivity index (χ1n) is 10.5. The summed E-state index contributed by atoms with van der Waals surface area (Å²) in [6, 6.07) is 20.8. The minimum atomic E-state index is -0.414. The van der Waals surface area contributed by atoms with Gasteiger partial charge in [-0.1, -0.05) is 54.1 Å². The molecule has 4 aromatic rings. The molecule has 3 aromatic carbocycles. The molecular formula is C26H18ClFN2O3S. The fraction of sp³-hybridized carbons (Fsp3) is 0.0769. The van der Waals surface area contributed by atoms with Crippen LogP contribution in [0.1, 0.15) is 5.56 Å². The van der Waals surface area contributed by atoms with Crippen LogP contribution >= 0.6 is 23.4 Å². The van der Waals surface area contributed by atoms with Crippen molar-refractivity contribution in [1.29, 1.82) is 0 Å². The van der Waals surface area contributed by atoms with Gasteiger partial charge in [-0.15, -0.1) is 0 Å². The van der Waals surface area contributed by atoms with Crippen molar-refractivity contribution < 1.29 is 18.7 Å². The number of amides is 2. The van der Waals surface area contributed by atoms with E-state index in [-0.39, 0.29) is 12.4 Å². The van der Waals surface area contributed by atoms with E-state index >= 15 is 0 Å². The van der Waals surface area contributed by atoms with Crippen LogP contribution in [-0.2, 0) is 11.3 Å². The van der Waals surface area contributed by atoms with Crippen molar-refractivity contribution in [1.82, 2.24) is 4.57 Å². The van der Waals surface area contributed by atoms with Crippen molar-refractivity contribution in [3.63, 3.8) is 0 Å². The van der Waals surface area contributed by atoms with Crippen molar-refractivity contribution in [2.24, 2.45) is 0 Å². The van der Waals surface area contributed by atoms with Gasteiger partial charge in [-0.05, 0) is 48.2 Å². The predicted octanol–water partition coefficient (Wildman–Crippen LogP) is 6.75. The van der Waals surface area contributed by atoms with E-state index in [1.807, 2.05) is 35.0 Å². The monoisotopic (exact) mass is 492 g/mol. The first-order valence-corrected chi connectivity index (χ1v) is 11.7. The largest absolute Gasteiger partial charge is 0.489 e. The molecule has 1 aliphatic rings. The summed E-state index contributed by atoms with van der Waals surface area (Å²) >= 11 is 7.09. The van der Waals surface area contributed by atoms with E-state index in [4.69, 9.17) is 16.3 Å². The number of hydrogen-bond acceptors (Lipinski definition) is 4. The van der Waals surface area contributed by atoms with Crippen molar-refractivity contribution >= 4 is 57.2 Å². The molecule has 0 N–H and O–H groups in total. The second-order valence-electron chi connectivity index (χ2n) is 7.54. The molecule has 0 unspecified atom stereocenters. The lowest BCUT2D eigenvalue weighted by atomic mass is 10.1. The first-order chi connectivity index (χ1) is 16.5. The molecular weight excluding hydrogens is 475 g/mol. The highest BCUT2D eigenvalue weighted by Crippen LogP contribution is 2.39. The van der Waals surface area contributed by atoms with Gasteiger partial charge in [0.25, 0.3) is 11.1 Å². The number of halogens is 2. The molecule has 1 saturated heterocycles. The van der Waals surface area contributed by atoms with Gasteiger partial charge in [0.15, 0.2) is 11.6 Å². The van der Waals surface area contributed by atoms with E-state index in [1.165, 1.54) is 6.07 Å². The van der Waals surface area contributed by atoms with Crippen molar-refractivity contribution in [2.75, 3.05) is 11.5 Å². The highest BCUT2D eigenvalue weighted by Gasteiger charge is 2.37. The molecule has 2 amide bonds. The van der Waals surface area contributed by atoms with Gasteiger partial charge in [0.1, 0.15) is 6.61 Å². The molecule has 1 aliphatic heterocycles. The summed E-state index contributed by atoms with van der Waals surface area (Å²) in [6.45, 7) is 0.742. The standard InChI is InChI=1S/C26H18ClFN2O3S/c27-19-8-2-5-11-22(19)30-25(31)24(34-26(30)32)15-17-16-29(21-10-4-1-7-18(17)21)13-14-33-23-12-6-3-9-20(23)28/h1-12,15-16H,13-14H2/b24-15-. The van der Waals surface area contributed by atoms with Gasteiger partial charge >= 0.3 is 0 Å². The van der Waals surface area contributed by atoms with Crippen molar-refractivity contribution in [3.8, 4) is 5.75 Å². The lowest BCUT2D eigenvalue weighted by Crippen LogP contribution is -2.27. The molecule has 0 radical (unpaired) electrons. The summed E-state index contributed by atoms with van der Waals surface area (Å²) in [4.78, 5) is 27.1. The van der Waals surface area contributed by atoms with Gasteiger partial charge in [-0.3, -0.25) is 9.59 Å². The number of benzene rings is 3. The van der Waals surface area contributed by atoms with Crippen LogP contribution in [0.4, 0.5) is 14.9 Å². The topological polar surface area (TPSA) is 51.5 Å². The number of imide groups is 1. The zero-order valence-electron chi connectivity index (χ0n) is 17.8. The number of anilines is 1. The Kier molecular flexibility index (Phi) is 6.13. The molecule has 5 rings (SSSR count). The van der Waals surface area contributed by atoms with Crippen LogP contribution in [0.25, 0.3) is 17.0 Å². The van der Waals surface area contributed by atoms with Crippen LogP contribution in [0.15, 0.2) is 83.9 Å². The summed E-state index contributed by atoms with van der Waals surface area (Å²) in [5.74, 6) is -0.620. The number of ether oxygens (including phenoxy) is 1. The van der Waals surface area contributed by atoms with Crippen LogP contribution in [0.3, 0.4) is 0 Å². The van der Waals surface area contributed by atoms with Gasteiger partial charge in [0.2, 0.25) is 0 Å². The lowest BCUT2D eigenvalue weighted by Gasteiger charge is -2.13. The number of carbonyl (C=O) groups is 2. The van der Waals surface area contributed by atoms with Crippen LogP contribution in [-0.4, -0.2) is 22.3 Å². The Bertz CT molecular complexity index is 1450. The fourth-order valence-corrected chi connectivity index (χ4v) is 4.89. The number of rotatable bonds is 6. The van der Waals surface area contributed by atoms with Crippen LogP contribution in [0.5, 0.6) is 5.75 Å². The summed E-state index contributed by atoms with van der Waals surface area (Å²) in [6.07, 6.45) is 3.62. The van der Waals surface area contributed by atoms with Gasteiger partial charge in [-0.2, -0.15) is 0 Å². The molecule has 0 saturated carbocycles. The summed E-state index contributed by atoms with van der Waals surface area (Å²) in [5.41, 5.74) is 2.10. The smallest absolute Gasteiger partial charge is 0.298 e. The van der Waals surface area contributed by atoms with E-state index in [2.05, 4.69) is 0 Å². The van der Waals surface area contributed by atoms with Crippen LogP contribution < -0.4 is 9.64 Å². The Morgan fingerprint density at radius 1 is 0.971 bits per heavy atom. The van der Waals surface area contributed by atoms with E-state index in [0.717, 1.165) is 33.1 Å². The van der Waals surface area contributed by atoms with Crippen molar-refractivity contribution in [2.45, 2.75) is 6.54 Å². The second-order valence-corrected chi connectivity index (χ2v) is 8.94. The predicted molar refractivity (Wildman–Crippen MR) is 134 cm³/mol. The molecule has 0 atom stereocenters. The molecule has 5 nitrogen and oxygen atoms in total. The average molecular weight is 493 g/mol. The number of nitrogens with zero attached hydrogens (tertiary/aromatic N) is 2. The second kappa shape index (κ2) is 9.37. The maximum Gasteiger partial charge on any atom is 0.298 e. The molecule has 1 fully saturated rings. The molecule has 34 heavy (non-hydrogen) atoms. The molecule has 8 heteroatoms. The highest BCUT2D eigenvalue weighted by molar-refractivity contribution is 8.19. The van der Waals surface area contributed by atoms with E-state index < -0.39 is 17.0 Å².